The number of carbonyl (C=O) groups is 1. The van der Waals surface area contributed by atoms with E-state index in [4.69, 9.17) is 14.7 Å². The molecule has 0 bridgehead atoms. The maximum absolute atomic E-state index is 12.2. The Morgan fingerprint density at radius 1 is 1.20 bits per heavy atom. The number of ether oxygens (including phenoxy) is 2. The molecule has 3 rings (SSSR count). The largest absolute Gasteiger partial charge is 0.486 e. The molecule has 1 aliphatic rings. The molecule has 1 unspecified atom stereocenters. The maximum Gasteiger partial charge on any atom is 0.334 e. The van der Waals surface area contributed by atoms with E-state index in [-0.39, 0.29) is 0 Å². The van der Waals surface area contributed by atoms with Crippen molar-refractivity contribution < 1.29 is 19.4 Å². The first-order valence-corrected chi connectivity index (χ1v) is 8.01. The second-order valence-corrected chi connectivity index (χ2v) is 5.74. The number of hydrogen-bond acceptors (Lipinski definition) is 5. The molecule has 0 fully saturated rings. The van der Waals surface area contributed by atoms with Crippen molar-refractivity contribution in [3.63, 3.8) is 0 Å². The topological polar surface area (TPSA) is 91.6 Å². The molecule has 1 atom stereocenters. The average molecular weight is 338 g/mol. The van der Waals surface area contributed by atoms with Crippen LogP contribution in [0.3, 0.4) is 0 Å². The molecule has 0 spiro atoms. The lowest BCUT2D eigenvalue weighted by molar-refractivity contribution is -0.142. The third-order valence-corrected chi connectivity index (χ3v) is 4.30. The molecule has 2 aromatic carbocycles. The molecule has 1 aliphatic heterocycles. The normalized spacial score (nSPS) is 14.9. The molecule has 0 saturated carbocycles. The Labute approximate surface area is 145 Å². The van der Waals surface area contributed by atoms with Gasteiger partial charge in [-0.1, -0.05) is 13.0 Å². The van der Waals surface area contributed by atoms with Crippen molar-refractivity contribution >= 4 is 11.7 Å². The summed E-state index contributed by atoms with van der Waals surface area (Å²) in [6.45, 7) is 2.72. The number of fused-ring (bicyclic) bond motifs is 1. The minimum Gasteiger partial charge on any atom is -0.486 e. The molecular weight excluding hydrogens is 320 g/mol. The lowest BCUT2D eigenvalue weighted by atomic mass is 9.86. The number of rotatable bonds is 5. The van der Waals surface area contributed by atoms with Gasteiger partial charge in [-0.2, -0.15) is 5.26 Å². The van der Waals surface area contributed by atoms with Gasteiger partial charge in [-0.25, -0.2) is 4.79 Å². The summed E-state index contributed by atoms with van der Waals surface area (Å²) in [5.74, 6) is 0.171. The van der Waals surface area contributed by atoms with Gasteiger partial charge < -0.3 is 19.9 Å². The molecular formula is C19H18N2O4. The van der Waals surface area contributed by atoms with Gasteiger partial charge in [0.25, 0.3) is 0 Å². The van der Waals surface area contributed by atoms with Gasteiger partial charge in [0.05, 0.1) is 11.6 Å². The van der Waals surface area contributed by atoms with E-state index in [2.05, 4.69) is 5.32 Å². The summed E-state index contributed by atoms with van der Waals surface area (Å²) in [5.41, 5.74) is 0.404. The van der Waals surface area contributed by atoms with Crippen LogP contribution in [0.15, 0.2) is 42.5 Å². The summed E-state index contributed by atoms with van der Waals surface area (Å²) in [7, 11) is 0. The Morgan fingerprint density at radius 2 is 1.88 bits per heavy atom. The zero-order valence-electron chi connectivity index (χ0n) is 13.8. The summed E-state index contributed by atoms with van der Waals surface area (Å²) in [4.78, 5) is 12.2. The average Bonchev–Trinajstić information content (AvgIpc) is 2.66. The fourth-order valence-corrected chi connectivity index (χ4v) is 2.88. The van der Waals surface area contributed by atoms with E-state index in [0.717, 1.165) is 0 Å². The summed E-state index contributed by atoms with van der Waals surface area (Å²) in [6.07, 6.45) is 0.321. The lowest BCUT2D eigenvalue weighted by Crippen LogP contribution is -2.43. The summed E-state index contributed by atoms with van der Waals surface area (Å²) < 4.78 is 11.1. The van der Waals surface area contributed by atoms with E-state index in [1.54, 1.807) is 42.5 Å². The number of carboxylic acids is 1. The first-order valence-electron chi connectivity index (χ1n) is 8.01. The number of nitrogens with zero attached hydrogens (tertiary/aromatic N) is 1. The molecule has 0 amide bonds. The molecule has 128 valence electrons. The summed E-state index contributed by atoms with van der Waals surface area (Å²) >= 11 is 0. The molecule has 6 nitrogen and oxygen atoms in total. The molecule has 0 radical (unpaired) electrons. The predicted octanol–water partition coefficient (Wildman–Crippen LogP) is 3.13. The Kier molecular flexibility index (Phi) is 4.48. The van der Waals surface area contributed by atoms with Crippen LogP contribution in [-0.2, 0) is 10.3 Å². The lowest BCUT2D eigenvalue weighted by Gasteiger charge is -2.32. The molecule has 1 heterocycles. The minimum atomic E-state index is -1.32. The van der Waals surface area contributed by atoms with Crippen molar-refractivity contribution in [1.82, 2.24) is 0 Å². The Hall–Kier alpha value is -3.20. The second kappa shape index (κ2) is 6.73. The zero-order valence-corrected chi connectivity index (χ0v) is 13.8. The Balaban J connectivity index is 2.00. The van der Waals surface area contributed by atoms with Gasteiger partial charge in [0, 0.05) is 5.69 Å². The van der Waals surface area contributed by atoms with Crippen LogP contribution in [0.5, 0.6) is 11.5 Å². The standard InChI is InChI=1S/C19H18N2O4/c1-2-19(18(22)23,21-15-6-3-13(12-20)4-7-15)14-5-8-16-17(11-14)25-10-9-24-16/h3-8,11,21H,2,9-10H2,1H3,(H,22,23). The highest BCUT2D eigenvalue weighted by atomic mass is 16.6. The van der Waals surface area contributed by atoms with Gasteiger partial charge in [-0.3, -0.25) is 0 Å². The third-order valence-electron chi connectivity index (χ3n) is 4.30. The second-order valence-electron chi connectivity index (χ2n) is 5.74. The van der Waals surface area contributed by atoms with E-state index < -0.39 is 11.5 Å². The van der Waals surface area contributed by atoms with Crippen LogP contribution in [0.4, 0.5) is 5.69 Å². The number of hydrogen-bond donors (Lipinski definition) is 2. The molecule has 0 saturated heterocycles. The van der Waals surface area contributed by atoms with Crippen LogP contribution in [0.2, 0.25) is 0 Å². The van der Waals surface area contributed by atoms with Crippen LogP contribution in [0.25, 0.3) is 0 Å². The molecule has 0 aromatic heterocycles. The van der Waals surface area contributed by atoms with E-state index in [1.165, 1.54) is 0 Å². The maximum atomic E-state index is 12.2. The zero-order chi connectivity index (χ0) is 17.9. The fourth-order valence-electron chi connectivity index (χ4n) is 2.88. The third kappa shape index (κ3) is 3.09. The van der Waals surface area contributed by atoms with Crippen molar-refractivity contribution in [3.05, 3.63) is 53.6 Å². The van der Waals surface area contributed by atoms with E-state index in [9.17, 15) is 9.90 Å². The molecule has 6 heteroatoms. The number of benzene rings is 2. The van der Waals surface area contributed by atoms with Gasteiger partial charge in [-0.15, -0.1) is 0 Å². The first kappa shape index (κ1) is 16.7. The van der Waals surface area contributed by atoms with Gasteiger partial charge >= 0.3 is 5.97 Å². The molecule has 25 heavy (non-hydrogen) atoms. The fraction of sp³-hybridized carbons (Fsp3) is 0.263. The van der Waals surface area contributed by atoms with Gasteiger partial charge in [0.1, 0.15) is 13.2 Å². The van der Waals surface area contributed by atoms with Crippen molar-refractivity contribution in [1.29, 1.82) is 5.26 Å². The van der Waals surface area contributed by atoms with Crippen molar-refractivity contribution in [3.8, 4) is 17.6 Å². The van der Waals surface area contributed by atoms with E-state index in [0.29, 0.717) is 47.9 Å². The predicted molar refractivity (Wildman–Crippen MR) is 91.8 cm³/mol. The van der Waals surface area contributed by atoms with E-state index in [1.807, 2.05) is 13.0 Å². The van der Waals surface area contributed by atoms with Gasteiger partial charge in [0.15, 0.2) is 17.0 Å². The van der Waals surface area contributed by atoms with Crippen molar-refractivity contribution in [2.45, 2.75) is 18.9 Å². The molecule has 2 N–H and O–H groups in total. The smallest absolute Gasteiger partial charge is 0.334 e. The highest BCUT2D eigenvalue weighted by Crippen LogP contribution is 2.37. The Bertz CT molecular complexity index is 826. The quantitative estimate of drug-likeness (QED) is 0.870. The highest BCUT2D eigenvalue weighted by molar-refractivity contribution is 5.85. The number of nitrogens with one attached hydrogen (secondary N) is 1. The van der Waals surface area contributed by atoms with Crippen LogP contribution in [-0.4, -0.2) is 24.3 Å². The summed E-state index contributed by atoms with van der Waals surface area (Å²) in [6, 6.07) is 13.9. The number of nitriles is 1. The number of carboxylic acid groups (broad SMARTS) is 1. The Morgan fingerprint density at radius 3 is 2.48 bits per heavy atom. The van der Waals surface area contributed by atoms with Gasteiger partial charge in [-0.05, 0) is 48.4 Å². The van der Waals surface area contributed by atoms with Crippen molar-refractivity contribution in [2.75, 3.05) is 18.5 Å². The number of aliphatic carboxylic acids is 1. The van der Waals surface area contributed by atoms with E-state index >= 15 is 0 Å². The van der Waals surface area contributed by atoms with Gasteiger partial charge in [0.2, 0.25) is 0 Å². The van der Waals surface area contributed by atoms with Crippen LogP contribution in [0.1, 0.15) is 24.5 Å². The summed E-state index contributed by atoms with van der Waals surface area (Å²) in [5, 5.41) is 22.0. The SMILES string of the molecule is CCC(Nc1ccc(C#N)cc1)(C(=O)O)c1ccc2c(c1)OCCO2. The molecule has 2 aromatic rings. The monoisotopic (exact) mass is 338 g/mol. The number of anilines is 1. The highest BCUT2D eigenvalue weighted by Gasteiger charge is 2.39. The van der Waals surface area contributed by atoms with Crippen molar-refractivity contribution in [2.24, 2.45) is 0 Å². The minimum absolute atomic E-state index is 0.321. The van der Waals surface area contributed by atoms with Crippen LogP contribution < -0.4 is 14.8 Å². The van der Waals surface area contributed by atoms with Crippen LogP contribution >= 0.6 is 0 Å². The van der Waals surface area contributed by atoms with Crippen LogP contribution in [0, 0.1) is 11.3 Å². The first-order chi connectivity index (χ1) is 12.1. The molecule has 0 aliphatic carbocycles.